The van der Waals surface area contributed by atoms with Gasteiger partial charge in [-0.1, -0.05) is 17.8 Å². The third-order valence-electron chi connectivity index (χ3n) is 2.07. The zero-order chi connectivity index (χ0) is 11.2. The standard InChI is InChI=1S/C11H13N3S2/c1-15-11-13-6-9(7-14-11)5-12-8-10-3-2-4-16-10/h2-4,6-7,12H,5,8H2,1H3. The fourth-order valence-electron chi connectivity index (χ4n) is 1.28. The molecule has 0 saturated heterocycles. The van der Waals surface area contributed by atoms with E-state index in [9.17, 15) is 0 Å². The highest BCUT2D eigenvalue weighted by Crippen LogP contribution is 2.09. The first-order valence-electron chi connectivity index (χ1n) is 4.96. The number of thioether (sulfide) groups is 1. The summed E-state index contributed by atoms with van der Waals surface area (Å²) in [4.78, 5) is 9.80. The van der Waals surface area contributed by atoms with Gasteiger partial charge in [-0.05, 0) is 17.7 Å². The van der Waals surface area contributed by atoms with Crippen molar-refractivity contribution in [3.63, 3.8) is 0 Å². The van der Waals surface area contributed by atoms with Crippen LogP contribution in [0.3, 0.4) is 0 Å². The van der Waals surface area contributed by atoms with Gasteiger partial charge in [0.1, 0.15) is 0 Å². The molecule has 2 aromatic heterocycles. The monoisotopic (exact) mass is 251 g/mol. The van der Waals surface area contributed by atoms with Crippen molar-refractivity contribution in [2.24, 2.45) is 0 Å². The van der Waals surface area contributed by atoms with Crippen molar-refractivity contribution in [2.45, 2.75) is 18.2 Å². The summed E-state index contributed by atoms with van der Waals surface area (Å²) in [6, 6.07) is 4.20. The highest BCUT2D eigenvalue weighted by atomic mass is 32.2. The maximum atomic E-state index is 4.23. The van der Waals surface area contributed by atoms with E-state index in [0.29, 0.717) is 0 Å². The molecule has 3 nitrogen and oxygen atoms in total. The molecule has 0 bridgehead atoms. The lowest BCUT2D eigenvalue weighted by atomic mass is 10.3. The third-order valence-corrected chi connectivity index (χ3v) is 3.53. The van der Waals surface area contributed by atoms with Crippen LogP contribution < -0.4 is 5.32 Å². The summed E-state index contributed by atoms with van der Waals surface area (Å²) in [6.45, 7) is 1.72. The van der Waals surface area contributed by atoms with Gasteiger partial charge in [-0.2, -0.15) is 0 Å². The van der Waals surface area contributed by atoms with Crippen LogP contribution >= 0.6 is 23.1 Å². The fraction of sp³-hybridized carbons (Fsp3) is 0.273. The molecule has 1 N–H and O–H groups in total. The molecule has 0 aliphatic rings. The second-order valence-electron chi connectivity index (χ2n) is 3.26. The number of hydrogen-bond donors (Lipinski definition) is 1. The molecule has 0 spiro atoms. The third kappa shape index (κ3) is 3.30. The molecular weight excluding hydrogens is 238 g/mol. The van der Waals surface area contributed by atoms with Crippen LogP contribution in [0.15, 0.2) is 35.1 Å². The lowest BCUT2D eigenvalue weighted by Gasteiger charge is -2.03. The highest BCUT2D eigenvalue weighted by molar-refractivity contribution is 7.98. The summed E-state index contributed by atoms with van der Waals surface area (Å²) in [6.07, 6.45) is 5.73. The molecule has 84 valence electrons. The Labute approximate surface area is 103 Å². The maximum Gasteiger partial charge on any atom is 0.187 e. The van der Waals surface area contributed by atoms with Crippen molar-refractivity contribution in [2.75, 3.05) is 6.26 Å². The largest absolute Gasteiger partial charge is 0.308 e. The Balaban J connectivity index is 1.81. The zero-order valence-electron chi connectivity index (χ0n) is 9.01. The quantitative estimate of drug-likeness (QED) is 0.654. The van der Waals surface area contributed by atoms with Crippen molar-refractivity contribution >= 4 is 23.1 Å². The smallest absolute Gasteiger partial charge is 0.187 e. The molecule has 16 heavy (non-hydrogen) atoms. The van der Waals surface area contributed by atoms with Gasteiger partial charge in [0.05, 0.1) is 0 Å². The molecule has 0 aromatic carbocycles. The SMILES string of the molecule is CSc1ncc(CNCc2cccs2)cn1. The van der Waals surface area contributed by atoms with E-state index in [4.69, 9.17) is 0 Å². The van der Waals surface area contributed by atoms with Crippen molar-refractivity contribution in [3.05, 3.63) is 40.3 Å². The molecule has 2 rings (SSSR count). The number of aromatic nitrogens is 2. The molecule has 0 saturated carbocycles. The van der Waals surface area contributed by atoms with Gasteiger partial charge in [0.25, 0.3) is 0 Å². The van der Waals surface area contributed by atoms with Gasteiger partial charge in [-0.3, -0.25) is 0 Å². The Morgan fingerprint density at radius 2 is 2.12 bits per heavy atom. The molecule has 5 heteroatoms. The van der Waals surface area contributed by atoms with E-state index in [1.165, 1.54) is 4.88 Å². The van der Waals surface area contributed by atoms with E-state index in [-0.39, 0.29) is 0 Å². The minimum absolute atomic E-state index is 0.812. The molecular formula is C11H13N3S2. The van der Waals surface area contributed by atoms with Gasteiger partial charge < -0.3 is 5.32 Å². The van der Waals surface area contributed by atoms with Gasteiger partial charge >= 0.3 is 0 Å². The molecule has 0 aliphatic heterocycles. The molecule has 0 aliphatic carbocycles. The zero-order valence-corrected chi connectivity index (χ0v) is 10.6. The summed E-state index contributed by atoms with van der Waals surface area (Å²) in [5.41, 5.74) is 1.12. The number of thiophene rings is 1. The van der Waals surface area contributed by atoms with Crippen LogP contribution in [0.4, 0.5) is 0 Å². The van der Waals surface area contributed by atoms with Crippen molar-refractivity contribution < 1.29 is 0 Å². The summed E-state index contributed by atoms with van der Waals surface area (Å²) in [5.74, 6) is 0. The van der Waals surface area contributed by atoms with E-state index in [2.05, 4.69) is 32.8 Å². The number of rotatable bonds is 5. The summed E-state index contributed by atoms with van der Waals surface area (Å²) in [5, 5.41) is 6.28. The topological polar surface area (TPSA) is 37.8 Å². The van der Waals surface area contributed by atoms with Gasteiger partial charge in [0.2, 0.25) is 0 Å². The number of hydrogen-bond acceptors (Lipinski definition) is 5. The first-order chi connectivity index (χ1) is 7.88. The fourth-order valence-corrected chi connectivity index (χ4v) is 2.27. The molecule has 0 amide bonds. The predicted octanol–water partition coefficient (Wildman–Crippen LogP) is 2.55. The molecule has 0 fully saturated rings. The van der Waals surface area contributed by atoms with Crippen LogP contribution in [0.5, 0.6) is 0 Å². The lowest BCUT2D eigenvalue weighted by molar-refractivity contribution is 0.692. The van der Waals surface area contributed by atoms with Gasteiger partial charge in [-0.15, -0.1) is 11.3 Å². The normalized spacial score (nSPS) is 10.6. The molecule has 0 unspecified atom stereocenters. The predicted molar refractivity (Wildman–Crippen MR) is 68.7 cm³/mol. The Kier molecular flexibility index (Phi) is 4.33. The second-order valence-corrected chi connectivity index (χ2v) is 5.07. The van der Waals surface area contributed by atoms with Crippen molar-refractivity contribution in [1.29, 1.82) is 0 Å². The van der Waals surface area contributed by atoms with E-state index >= 15 is 0 Å². The van der Waals surface area contributed by atoms with Crippen LogP contribution in [-0.2, 0) is 13.1 Å². The average Bonchev–Trinajstić information content (AvgIpc) is 2.83. The van der Waals surface area contributed by atoms with E-state index in [0.717, 1.165) is 23.8 Å². The molecule has 2 aromatic rings. The van der Waals surface area contributed by atoms with Crippen LogP contribution in [0.25, 0.3) is 0 Å². The minimum Gasteiger partial charge on any atom is -0.308 e. The Morgan fingerprint density at radius 1 is 1.31 bits per heavy atom. The molecule has 2 heterocycles. The van der Waals surface area contributed by atoms with Crippen LogP contribution in [-0.4, -0.2) is 16.2 Å². The highest BCUT2D eigenvalue weighted by Gasteiger charge is 1.97. The van der Waals surface area contributed by atoms with Gasteiger partial charge in [0.15, 0.2) is 5.16 Å². The average molecular weight is 251 g/mol. The summed E-state index contributed by atoms with van der Waals surface area (Å²) < 4.78 is 0. The first kappa shape index (κ1) is 11.6. The minimum atomic E-state index is 0.812. The first-order valence-corrected chi connectivity index (χ1v) is 7.07. The summed E-state index contributed by atoms with van der Waals surface area (Å²) in [7, 11) is 0. The molecule has 0 radical (unpaired) electrons. The number of nitrogens with zero attached hydrogens (tertiary/aromatic N) is 2. The Bertz CT molecular complexity index is 411. The van der Waals surface area contributed by atoms with Crippen molar-refractivity contribution in [3.8, 4) is 0 Å². The van der Waals surface area contributed by atoms with Gasteiger partial charge in [0, 0.05) is 35.9 Å². The Hall–Kier alpha value is -0.910. The van der Waals surface area contributed by atoms with Crippen LogP contribution in [0, 0.1) is 0 Å². The van der Waals surface area contributed by atoms with Crippen LogP contribution in [0.2, 0.25) is 0 Å². The van der Waals surface area contributed by atoms with Crippen LogP contribution in [0.1, 0.15) is 10.4 Å². The number of nitrogens with one attached hydrogen (secondary N) is 1. The lowest BCUT2D eigenvalue weighted by Crippen LogP contribution is -2.12. The van der Waals surface area contributed by atoms with E-state index < -0.39 is 0 Å². The second kappa shape index (κ2) is 5.98. The van der Waals surface area contributed by atoms with E-state index in [1.54, 1.807) is 23.1 Å². The molecule has 0 atom stereocenters. The maximum absolute atomic E-state index is 4.23. The van der Waals surface area contributed by atoms with E-state index in [1.807, 2.05) is 18.6 Å². The van der Waals surface area contributed by atoms with Crippen molar-refractivity contribution in [1.82, 2.24) is 15.3 Å². The summed E-state index contributed by atoms with van der Waals surface area (Å²) >= 11 is 3.33. The Morgan fingerprint density at radius 3 is 2.75 bits per heavy atom. The van der Waals surface area contributed by atoms with Gasteiger partial charge in [-0.25, -0.2) is 9.97 Å².